The minimum atomic E-state index is -0.370. The molecule has 2 aliphatic rings. The Morgan fingerprint density at radius 1 is 1.27 bits per heavy atom. The molecule has 2 heterocycles. The molecule has 6 heteroatoms. The number of rotatable bonds is 3. The van der Waals surface area contributed by atoms with Gasteiger partial charge in [-0.05, 0) is 24.3 Å². The van der Waals surface area contributed by atoms with Gasteiger partial charge in [0.15, 0.2) is 11.5 Å². The number of benzene rings is 2. The molecule has 1 amide bonds. The minimum absolute atomic E-state index is 0.0486. The Labute approximate surface area is 157 Å². The molecule has 2 aliphatic heterocycles. The van der Waals surface area contributed by atoms with Gasteiger partial charge >= 0.3 is 0 Å². The number of ether oxygens (including phenoxy) is 2. The summed E-state index contributed by atoms with van der Waals surface area (Å²) >= 11 is 6.44. The van der Waals surface area contributed by atoms with Gasteiger partial charge in [-0.15, -0.1) is 6.58 Å². The van der Waals surface area contributed by atoms with Crippen LogP contribution in [0.2, 0.25) is 5.02 Å². The molecule has 0 aromatic heterocycles. The summed E-state index contributed by atoms with van der Waals surface area (Å²) in [5, 5.41) is 3.91. The highest BCUT2D eigenvalue weighted by Gasteiger charge is 2.33. The predicted octanol–water partition coefficient (Wildman–Crippen LogP) is 4.25. The van der Waals surface area contributed by atoms with E-state index in [1.165, 1.54) is 0 Å². The molecule has 0 unspecified atom stereocenters. The van der Waals surface area contributed by atoms with Crippen molar-refractivity contribution >= 4 is 23.2 Å². The zero-order valence-corrected chi connectivity index (χ0v) is 15.0. The van der Waals surface area contributed by atoms with Gasteiger partial charge in [-0.2, -0.15) is 0 Å². The molecule has 2 aromatic rings. The van der Waals surface area contributed by atoms with Crippen LogP contribution in [0.15, 0.2) is 49.1 Å². The number of anilines is 1. The van der Waals surface area contributed by atoms with E-state index in [0.29, 0.717) is 41.8 Å². The second kappa shape index (κ2) is 6.92. The summed E-state index contributed by atoms with van der Waals surface area (Å²) < 4.78 is 11.5. The van der Waals surface area contributed by atoms with E-state index in [-0.39, 0.29) is 12.1 Å². The average Bonchev–Trinajstić information content (AvgIpc) is 2.90. The molecule has 5 nitrogen and oxygen atoms in total. The van der Waals surface area contributed by atoms with Crippen molar-refractivity contribution in [2.45, 2.75) is 12.6 Å². The van der Waals surface area contributed by atoms with Crippen molar-refractivity contribution in [3.8, 4) is 11.5 Å². The van der Waals surface area contributed by atoms with Gasteiger partial charge < -0.3 is 19.7 Å². The van der Waals surface area contributed by atoms with Crippen LogP contribution in [-0.2, 0) is 0 Å². The van der Waals surface area contributed by atoms with Crippen molar-refractivity contribution in [2.75, 3.05) is 25.1 Å². The first-order valence-electron chi connectivity index (χ1n) is 8.55. The molecule has 134 valence electrons. The number of para-hydroxylation sites is 1. The Bertz CT molecular complexity index is 868. The van der Waals surface area contributed by atoms with Crippen LogP contribution >= 0.6 is 11.6 Å². The highest BCUT2D eigenvalue weighted by Crippen LogP contribution is 2.42. The Hall–Kier alpha value is -2.66. The second-order valence-electron chi connectivity index (χ2n) is 6.22. The first kappa shape index (κ1) is 16.8. The summed E-state index contributed by atoms with van der Waals surface area (Å²) in [6.07, 6.45) is 2.15. The minimum Gasteiger partial charge on any atom is -0.489 e. The van der Waals surface area contributed by atoms with E-state index in [1.807, 2.05) is 36.4 Å². The largest absolute Gasteiger partial charge is 0.489 e. The lowest BCUT2D eigenvalue weighted by atomic mass is 10.0. The van der Waals surface area contributed by atoms with Crippen molar-refractivity contribution in [1.82, 2.24) is 4.90 Å². The second-order valence-corrected chi connectivity index (χ2v) is 6.63. The maximum atomic E-state index is 13.0. The van der Waals surface area contributed by atoms with Crippen molar-refractivity contribution < 1.29 is 14.3 Å². The van der Waals surface area contributed by atoms with Crippen LogP contribution < -0.4 is 14.8 Å². The number of fused-ring (bicyclic) bond motifs is 2. The van der Waals surface area contributed by atoms with Gasteiger partial charge in [0.25, 0.3) is 5.91 Å². The number of halogens is 1. The molecule has 4 rings (SSSR count). The molecule has 0 fully saturated rings. The summed E-state index contributed by atoms with van der Waals surface area (Å²) in [5.41, 5.74) is 2.28. The van der Waals surface area contributed by atoms with Gasteiger partial charge in [-0.1, -0.05) is 29.8 Å². The molecule has 0 saturated carbocycles. The van der Waals surface area contributed by atoms with Gasteiger partial charge in [0, 0.05) is 24.2 Å². The standard InChI is InChI=1S/C20H19ClN2O3/c1-2-8-23-19(22-16-7-4-3-6-14(16)20(23)24)13-11-15(21)18-17(12-13)25-9-5-10-26-18/h2-4,6-7,11-12,19,22H,1,5,8-10H2/t19-/m1/s1. The summed E-state index contributed by atoms with van der Waals surface area (Å²) in [5.74, 6) is 1.12. The summed E-state index contributed by atoms with van der Waals surface area (Å²) in [7, 11) is 0. The molecule has 0 aliphatic carbocycles. The van der Waals surface area contributed by atoms with E-state index < -0.39 is 0 Å². The van der Waals surface area contributed by atoms with Crippen LogP contribution in [0.4, 0.5) is 5.69 Å². The lowest BCUT2D eigenvalue weighted by Gasteiger charge is -2.37. The van der Waals surface area contributed by atoms with Crippen LogP contribution in [0, 0.1) is 0 Å². The zero-order valence-electron chi connectivity index (χ0n) is 14.2. The molecule has 1 atom stereocenters. The summed E-state index contributed by atoms with van der Waals surface area (Å²) in [6.45, 7) is 5.34. The Kier molecular flexibility index (Phi) is 4.47. The van der Waals surface area contributed by atoms with Gasteiger partial charge in [0.1, 0.15) is 6.17 Å². The van der Waals surface area contributed by atoms with Gasteiger partial charge in [-0.3, -0.25) is 4.79 Å². The Morgan fingerprint density at radius 3 is 2.92 bits per heavy atom. The van der Waals surface area contributed by atoms with E-state index in [1.54, 1.807) is 11.0 Å². The molecular weight excluding hydrogens is 352 g/mol. The predicted molar refractivity (Wildman–Crippen MR) is 101 cm³/mol. The van der Waals surface area contributed by atoms with Gasteiger partial charge in [0.2, 0.25) is 0 Å². The highest BCUT2D eigenvalue weighted by atomic mass is 35.5. The molecule has 0 radical (unpaired) electrons. The molecular formula is C20H19ClN2O3. The van der Waals surface area contributed by atoms with Gasteiger partial charge in [0.05, 0.1) is 23.8 Å². The zero-order chi connectivity index (χ0) is 18.1. The molecule has 26 heavy (non-hydrogen) atoms. The SMILES string of the molecule is C=CCN1C(=O)c2ccccc2N[C@H]1c1cc(Cl)c2c(c1)OCCCO2. The van der Waals surface area contributed by atoms with E-state index >= 15 is 0 Å². The lowest BCUT2D eigenvalue weighted by molar-refractivity contribution is 0.0707. The topological polar surface area (TPSA) is 50.8 Å². The smallest absolute Gasteiger partial charge is 0.258 e. The molecule has 2 aromatic carbocycles. The number of hydrogen-bond donors (Lipinski definition) is 1. The third-order valence-corrected chi connectivity index (χ3v) is 4.77. The first-order chi connectivity index (χ1) is 12.7. The van der Waals surface area contributed by atoms with E-state index in [0.717, 1.165) is 17.7 Å². The number of nitrogens with zero attached hydrogens (tertiary/aromatic N) is 1. The van der Waals surface area contributed by atoms with Crippen LogP contribution in [0.1, 0.15) is 28.5 Å². The third-order valence-electron chi connectivity index (χ3n) is 4.49. The first-order valence-corrected chi connectivity index (χ1v) is 8.93. The van der Waals surface area contributed by atoms with Crippen molar-refractivity contribution in [1.29, 1.82) is 0 Å². The number of nitrogens with one attached hydrogen (secondary N) is 1. The molecule has 0 bridgehead atoms. The highest BCUT2D eigenvalue weighted by molar-refractivity contribution is 6.32. The van der Waals surface area contributed by atoms with Crippen molar-refractivity contribution in [3.05, 3.63) is 65.2 Å². The lowest BCUT2D eigenvalue weighted by Crippen LogP contribution is -2.43. The fourth-order valence-corrected chi connectivity index (χ4v) is 3.57. The van der Waals surface area contributed by atoms with Crippen LogP contribution in [-0.4, -0.2) is 30.6 Å². The monoisotopic (exact) mass is 370 g/mol. The van der Waals surface area contributed by atoms with Crippen molar-refractivity contribution in [2.24, 2.45) is 0 Å². The number of amides is 1. The quantitative estimate of drug-likeness (QED) is 0.820. The average molecular weight is 371 g/mol. The third kappa shape index (κ3) is 2.88. The molecule has 0 saturated heterocycles. The fraction of sp³-hybridized carbons (Fsp3) is 0.250. The molecule has 0 spiro atoms. The normalized spacial score (nSPS) is 18.6. The fourth-order valence-electron chi connectivity index (χ4n) is 3.29. The summed E-state index contributed by atoms with van der Waals surface area (Å²) in [4.78, 5) is 14.7. The van der Waals surface area contributed by atoms with Crippen LogP contribution in [0.3, 0.4) is 0 Å². The Morgan fingerprint density at radius 2 is 2.08 bits per heavy atom. The van der Waals surface area contributed by atoms with E-state index in [2.05, 4.69) is 11.9 Å². The number of carbonyl (C=O) groups excluding carboxylic acids is 1. The van der Waals surface area contributed by atoms with Crippen molar-refractivity contribution in [3.63, 3.8) is 0 Å². The number of carbonyl (C=O) groups is 1. The van der Waals surface area contributed by atoms with E-state index in [9.17, 15) is 4.79 Å². The van der Waals surface area contributed by atoms with Crippen LogP contribution in [0.5, 0.6) is 11.5 Å². The summed E-state index contributed by atoms with van der Waals surface area (Å²) in [6, 6.07) is 11.2. The maximum absolute atomic E-state index is 13.0. The van der Waals surface area contributed by atoms with E-state index in [4.69, 9.17) is 21.1 Å². The molecule has 1 N–H and O–H groups in total. The van der Waals surface area contributed by atoms with Gasteiger partial charge in [-0.25, -0.2) is 0 Å². The Balaban J connectivity index is 1.78. The van der Waals surface area contributed by atoms with Crippen LogP contribution in [0.25, 0.3) is 0 Å². The number of hydrogen-bond acceptors (Lipinski definition) is 4. The maximum Gasteiger partial charge on any atom is 0.258 e.